The molecule has 0 unspecified atom stereocenters. The number of anilines is 2. The molecule has 5 N–H and O–H groups in total. The zero-order valence-corrected chi connectivity index (χ0v) is 10.4. The summed E-state index contributed by atoms with van der Waals surface area (Å²) in [5.74, 6) is 5.60. The predicted octanol–water partition coefficient (Wildman–Crippen LogP) is 1.50. The molecule has 0 radical (unpaired) electrons. The number of benzene rings is 1. The van der Waals surface area contributed by atoms with Gasteiger partial charge in [0.05, 0.1) is 11.9 Å². The number of nitrogen functional groups attached to an aromatic ring is 1. The van der Waals surface area contributed by atoms with Crippen LogP contribution >= 0.6 is 0 Å². The van der Waals surface area contributed by atoms with Gasteiger partial charge in [-0.15, -0.1) is 0 Å². The number of hydrazine groups is 1. The summed E-state index contributed by atoms with van der Waals surface area (Å²) in [5.41, 5.74) is 3.37. The number of amides is 1. The molecule has 100 valence electrons. The molecule has 0 saturated carbocycles. The minimum Gasteiger partial charge on any atom is -0.318 e. The molecule has 3 rings (SSSR count). The van der Waals surface area contributed by atoms with Crippen molar-refractivity contribution in [2.45, 2.75) is 0 Å². The van der Waals surface area contributed by atoms with E-state index in [2.05, 4.69) is 25.9 Å². The number of fused-ring (bicyclic) bond motifs is 1. The van der Waals surface area contributed by atoms with Crippen molar-refractivity contribution in [3.8, 4) is 0 Å². The summed E-state index contributed by atoms with van der Waals surface area (Å²) >= 11 is 0. The van der Waals surface area contributed by atoms with Crippen molar-refractivity contribution in [3.63, 3.8) is 0 Å². The van der Waals surface area contributed by atoms with Crippen LogP contribution in [0.15, 0.2) is 42.7 Å². The Bertz CT molecular complexity index is 753. The first kappa shape index (κ1) is 12.1. The van der Waals surface area contributed by atoms with Gasteiger partial charge in [0.2, 0.25) is 0 Å². The van der Waals surface area contributed by atoms with Crippen molar-refractivity contribution in [1.29, 1.82) is 0 Å². The largest absolute Gasteiger partial charge is 0.318 e. The molecule has 0 bridgehead atoms. The van der Waals surface area contributed by atoms with E-state index in [4.69, 9.17) is 5.84 Å². The molecule has 0 atom stereocenters. The van der Waals surface area contributed by atoms with Crippen LogP contribution in [0.1, 0.15) is 10.5 Å². The Morgan fingerprint density at radius 2 is 2.15 bits per heavy atom. The molecule has 2 aromatic heterocycles. The normalized spacial score (nSPS) is 10.4. The van der Waals surface area contributed by atoms with E-state index in [0.29, 0.717) is 11.5 Å². The third kappa shape index (κ3) is 2.17. The number of carbonyl (C=O) groups excluding carboxylic acids is 1. The van der Waals surface area contributed by atoms with E-state index in [0.717, 1.165) is 10.8 Å². The fourth-order valence-corrected chi connectivity index (χ4v) is 1.94. The Hall–Kier alpha value is -2.93. The summed E-state index contributed by atoms with van der Waals surface area (Å²) in [6.07, 6.45) is 3.10. The molecule has 20 heavy (non-hydrogen) atoms. The zero-order chi connectivity index (χ0) is 13.9. The molecule has 0 spiro atoms. The summed E-state index contributed by atoms with van der Waals surface area (Å²) in [7, 11) is 0. The minimum absolute atomic E-state index is 0.276. The number of nitrogens with two attached hydrogens (primary N) is 1. The Balaban J connectivity index is 2.01. The van der Waals surface area contributed by atoms with Crippen LogP contribution in [0.5, 0.6) is 0 Å². The van der Waals surface area contributed by atoms with Gasteiger partial charge in [-0.05, 0) is 11.5 Å². The minimum atomic E-state index is -0.325. The highest BCUT2D eigenvalue weighted by molar-refractivity contribution is 6.06. The van der Waals surface area contributed by atoms with Gasteiger partial charge in [0.15, 0.2) is 0 Å². The molecule has 0 saturated heterocycles. The molecule has 7 nitrogen and oxygen atoms in total. The molecular weight excluding hydrogens is 256 g/mol. The van der Waals surface area contributed by atoms with Crippen LogP contribution in [0.25, 0.3) is 10.8 Å². The zero-order valence-electron chi connectivity index (χ0n) is 10.4. The van der Waals surface area contributed by atoms with Crippen molar-refractivity contribution in [2.24, 2.45) is 5.84 Å². The monoisotopic (exact) mass is 268 g/mol. The highest BCUT2D eigenvalue weighted by atomic mass is 16.1. The fourth-order valence-electron chi connectivity index (χ4n) is 1.94. The van der Waals surface area contributed by atoms with E-state index >= 15 is 0 Å². The van der Waals surface area contributed by atoms with Gasteiger partial charge < -0.3 is 10.7 Å². The fraction of sp³-hybridized carbons (Fsp3) is 0. The Labute approximate surface area is 114 Å². The number of nitrogens with zero attached hydrogens (tertiary/aromatic N) is 2. The highest BCUT2D eigenvalue weighted by Gasteiger charge is 2.12. The van der Waals surface area contributed by atoms with Crippen LogP contribution in [-0.4, -0.2) is 21.1 Å². The second kappa shape index (κ2) is 4.98. The van der Waals surface area contributed by atoms with Gasteiger partial charge in [-0.2, -0.15) is 5.10 Å². The molecule has 0 aliphatic heterocycles. The van der Waals surface area contributed by atoms with Gasteiger partial charge >= 0.3 is 0 Å². The van der Waals surface area contributed by atoms with Crippen LogP contribution in [0.3, 0.4) is 0 Å². The lowest BCUT2D eigenvalue weighted by Gasteiger charge is -2.08. The van der Waals surface area contributed by atoms with Gasteiger partial charge in [-0.3, -0.25) is 9.89 Å². The topological polar surface area (TPSA) is 109 Å². The second-order valence-electron chi connectivity index (χ2n) is 4.16. The lowest BCUT2D eigenvalue weighted by atomic mass is 10.1. The van der Waals surface area contributed by atoms with Crippen LogP contribution in [0.2, 0.25) is 0 Å². The van der Waals surface area contributed by atoms with Gasteiger partial charge in [0.1, 0.15) is 11.5 Å². The van der Waals surface area contributed by atoms with Crippen LogP contribution in [0, 0.1) is 0 Å². The molecule has 0 aliphatic rings. The maximum absolute atomic E-state index is 12.1. The number of carbonyl (C=O) groups is 1. The molecule has 3 aromatic rings. The Kier molecular flexibility index (Phi) is 3.02. The number of aromatic amines is 1. The number of rotatable bonds is 3. The van der Waals surface area contributed by atoms with Crippen LogP contribution in [0.4, 0.5) is 11.5 Å². The molecule has 0 fully saturated rings. The molecule has 2 heterocycles. The van der Waals surface area contributed by atoms with E-state index in [-0.39, 0.29) is 11.6 Å². The predicted molar refractivity (Wildman–Crippen MR) is 76.1 cm³/mol. The van der Waals surface area contributed by atoms with Crippen molar-refractivity contribution >= 4 is 28.2 Å². The van der Waals surface area contributed by atoms with E-state index < -0.39 is 0 Å². The third-order valence-corrected chi connectivity index (χ3v) is 2.87. The Morgan fingerprint density at radius 3 is 2.90 bits per heavy atom. The summed E-state index contributed by atoms with van der Waals surface area (Å²) in [6.45, 7) is 0. The highest BCUT2D eigenvalue weighted by Crippen LogP contribution is 2.22. The quantitative estimate of drug-likeness (QED) is 0.425. The summed E-state index contributed by atoms with van der Waals surface area (Å²) in [6, 6.07) is 9.27. The number of aromatic nitrogens is 3. The number of hydrogen-bond donors (Lipinski definition) is 4. The van der Waals surface area contributed by atoms with Gasteiger partial charge in [-0.1, -0.05) is 24.3 Å². The van der Waals surface area contributed by atoms with Crippen LogP contribution in [-0.2, 0) is 0 Å². The third-order valence-electron chi connectivity index (χ3n) is 2.87. The molecule has 1 aromatic carbocycles. The molecule has 1 amide bonds. The SMILES string of the molecule is NNc1nc(C(=O)Nc2cn[nH]c2)cc2ccccc12. The Morgan fingerprint density at radius 1 is 1.30 bits per heavy atom. The maximum Gasteiger partial charge on any atom is 0.274 e. The smallest absolute Gasteiger partial charge is 0.274 e. The van der Waals surface area contributed by atoms with Gasteiger partial charge in [0, 0.05) is 11.6 Å². The molecule has 0 aliphatic carbocycles. The standard InChI is InChI=1S/C13H12N6O/c14-19-12-10-4-2-1-3-8(10)5-11(18-12)13(20)17-9-6-15-16-7-9/h1-7H,14H2,(H,15,16)(H,17,20)(H,18,19). The van der Waals surface area contributed by atoms with E-state index in [9.17, 15) is 4.79 Å². The van der Waals surface area contributed by atoms with Crippen molar-refractivity contribution in [3.05, 3.63) is 48.4 Å². The van der Waals surface area contributed by atoms with Crippen molar-refractivity contribution < 1.29 is 4.79 Å². The number of pyridine rings is 1. The van der Waals surface area contributed by atoms with E-state index in [1.165, 1.54) is 6.20 Å². The molecule has 7 heteroatoms. The average molecular weight is 268 g/mol. The first-order chi connectivity index (χ1) is 9.78. The van der Waals surface area contributed by atoms with Crippen molar-refractivity contribution in [2.75, 3.05) is 10.7 Å². The second-order valence-corrected chi connectivity index (χ2v) is 4.16. The molecular formula is C13H12N6O. The number of nitrogens with one attached hydrogen (secondary N) is 3. The summed E-state index contributed by atoms with van der Waals surface area (Å²) in [4.78, 5) is 16.4. The first-order valence-electron chi connectivity index (χ1n) is 5.94. The summed E-state index contributed by atoms with van der Waals surface area (Å²) in [5, 5.41) is 10.8. The number of hydrogen-bond acceptors (Lipinski definition) is 5. The summed E-state index contributed by atoms with van der Waals surface area (Å²) < 4.78 is 0. The average Bonchev–Trinajstić information content (AvgIpc) is 2.99. The van der Waals surface area contributed by atoms with Gasteiger partial charge in [-0.25, -0.2) is 10.8 Å². The lowest BCUT2D eigenvalue weighted by Crippen LogP contribution is -2.16. The van der Waals surface area contributed by atoms with Crippen molar-refractivity contribution in [1.82, 2.24) is 15.2 Å². The lowest BCUT2D eigenvalue weighted by molar-refractivity contribution is 0.102. The van der Waals surface area contributed by atoms with Gasteiger partial charge in [0.25, 0.3) is 5.91 Å². The van der Waals surface area contributed by atoms with Crippen LogP contribution < -0.4 is 16.6 Å². The number of H-pyrrole nitrogens is 1. The maximum atomic E-state index is 12.1. The first-order valence-corrected chi connectivity index (χ1v) is 5.94. The van der Waals surface area contributed by atoms with E-state index in [1.54, 1.807) is 12.3 Å². The van der Waals surface area contributed by atoms with E-state index in [1.807, 2.05) is 24.3 Å².